The zero-order chi connectivity index (χ0) is 9.90. The maximum absolute atomic E-state index is 12.4. The fourth-order valence-corrected chi connectivity index (χ4v) is 2.13. The Labute approximate surface area is 76.5 Å². The second kappa shape index (κ2) is 4.31. The van der Waals surface area contributed by atoms with Gasteiger partial charge in [0.15, 0.2) is 0 Å². The smallest absolute Gasteiger partial charge is 0.330 e. The molecule has 0 bridgehead atoms. The molecule has 0 aromatic heterocycles. The van der Waals surface area contributed by atoms with Gasteiger partial charge in [-0.3, -0.25) is 0 Å². The molecule has 0 saturated heterocycles. The van der Waals surface area contributed by atoms with E-state index < -0.39 is 12.1 Å². The molecule has 0 amide bonds. The molecule has 1 aliphatic rings. The molecule has 0 spiro atoms. The van der Waals surface area contributed by atoms with E-state index in [0.29, 0.717) is 12.8 Å². The summed E-state index contributed by atoms with van der Waals surface area (Å²) in [7, 11) is 0. The molecule has 1 fully saturated rings. The molecule has 13 heavy (non-hydrogen) atoms. The first-order chi connectivity index (χ1) is 6.05. The maximum atomic E-state index is 12.4. The van der Waals surface area contributed by atoms with Gasteiger partial charge in [0.05, 0.1) is 5.92 Å². The van der Waals surface area contributed by atoms with Crippen LogP contribution < -0.4 is 5.73 Å². The fraction of sp³-hybridized carbons (Fsp3) is 1.00. The van der Waals surface area contributed by atoms with E-state index in [1.807, 2.05) is 0 Å². The van der Waals surface area contributed by atoms with Crippen molar-refractivity contribution in [2.75, 3.05) is 6.54 Å². The Hall–Kier alpha value is -0.250. The monoisotopic (exact) mass is 195 g/mol. The Morgan fingerprint density at radius 2 is 1.69 bits per heavy atom. The number of hydrogen-bond acceptors (Lipinski definition) is 1. The predicted molar refractivity (Wildman–Crippen MR) is 45.2 cm³/mol. The van der Waals surface area contributed by atoms with Gasteiger partial charge < -0.3 is 5.73 Å². The van der Waals surface area contributed by atoms with Gasteiger partial charge >= 0.3 is 6.18 Å². The predicted octanol–water partition coefficient (Wildman–Crippen LogP) is 2.70. The molecule has 0 aromatic rings. The molecular weight excluding hydrogens is 179 g/mol. The Balaban J connectivity index is 2.54. The third-order valence-corrected chi connectivity index (χ3v) is 2.89. The summed E-state index contributed by atoms with van der Waals surface area (Å²) in [6.45, 7) is -0.256. The van der Waals surface area contributed by atoms with E-state index in [2.05, 4.69) is 0 Å². The quantitative estimate of drug-likeness (QED) is 0.720. The number of nitrogens with two attached hydrogens (primary N) is 1. The van der Waals surface area contributed by atoms with E-state index in [9.17, 15) is 13.2 Å². The van der Waals surface area contributed by atoms with E-state index in [-0.39, 0.29) is 12.5 Å². The van der Waals surface area contributed by atoms with Gasteiger partial charge in [0.25, 0.3) is 0 Å². The van der Waals surface area contributed by atoms with E-state index in [1.165, 1.54) is 0 Å². The van der Waals surface area contributed by atoms with Crippen LogP contribution in [0.1, 0.15) is 32.1 Å². The molecule has 1 rings (SSSR count). The molecule has 2 N–H and O–H groups in total. The summed E-state index contributed by atoms with van der Waals surface area (Å²) in [5, 5.41) is 0. The number of hydrogen-bond donors (Lipinski definition) is 1. The zero-order valence-electron chi connectivity index (χ0n) is 7.61. The van der Waals surface area contributed by atoms with Gasteiger partial charge in [-0.2, -0.15) is 13.2 Å². The van der Waals surface area contributed by atoms with Crippen LogP contribution in [0.25, 0.3) is 0 Å². The van der Waals surface area contributed by atoms with Crippen LogP contribution in [0.3, 0.4) is 0 Å². The second-order valence-electron chi connectivity index (χ2n) is 3.78. The normalized spacial score (nSPS) is 23.1. The van der Waals surface area contributed by atoms with Gasteiger partial charge in [-0.1, -0.05) is 19.3 Å². The van der Waals surface area contributed by atoms with E-state index >= 15 is 0 Å². The Morgan fingerprint density at radius 3 is 2.08 bits per heavy atom. The third kappa shape index (κ3) is 2.86. The summed E-state index contributed by atoms with van der Waals surface area (Å²) in [5.41, 5.74) is 5.17. The topological polar surface area (TPSA) is 26.0 Å². The minimum Gasteiger partial charge on any atom is -0.330 e. The summed E-state index contributed by atoms with van der Waals surface area (Å²) in [6, 6.07) is 0. The highest BCUT2D eigenvalue weighted by molar-refractivity contribution is 4.79. The first kappa shape index (κ1) is 10.8. The van der Waals surface area contributed by atoms with Crippen molar-refractivity contribution in [3.63, 3.8) is 0 Å². The van der Waals surface area contributed by atoms with E-state index in [4.69, 9.17) is 5.73 Å². The van der Waals surface area contributed by atoms with Crippen molar-refractivity contribution in [2.24, 2.45) is 17.6 Å². The summed E-state index contributed by atoms with van der Waals surface area (Å²) >= 11 is 0. The Morgan fingerprint density at radius 1 is 1.15 bits per heavy atom. The Bertz CT molecular complexity index is 149. The standard InChI is InChI=1S/C9H16F3N/c10-9(11,12)8(6-13)7-4-2-1-3-5-7/h7-8H,1-6,13H2/t8-/m0/s1. The van der Waals surface area contributed by atoms with Crippen molar-refractivity contribution in [1.29, 1.82) is 0 Å². The summed E-state index contributed by atoms with van der Waals surface area (Å²) in [4.78, 5) is 0. The van der Waals surface area contributed by atoms with Crippen molar-refractivity contribution in [3.05, 3.63) is 0 Å². The first-order valence-electron chi connectivity index (χ1n) is 4.82. The van der Waals surface area contributed by atoms with E-state index in [1.54, 1.807) is 0 Å². The molecule has 1 nitrogen and oxygen atoms in total. The minimum atomic E-state index is -4.10. The summed E-state index contributed by atoms with van der Waals surface area (Å²) in [5.74, 6) is -1.49. The van der Waals surface area contributed by atoms with Gasteiger partial charge in [0.2, 0.25) is 0 Å². The SMILES string of the molecule is NC[C@@H](C1CCCCC1)C(F)(F)F. The number of halogens is 3. The molecule has 0 unspecified atom stereocenters. The van der Waals surface area contributed by atoms with Gasteiger partial charge in [-0.05, 0) is 18.8 Å². The molecule has 78 valence electrons. The highest BCUT2D eigenvalue weighted by Crippen LogP contribution is 2.38. The van der Waals surface area contributed by atoms with Gasteiger partial charge in [-0.25, -0.2) is 0 Å². The molecule has 4 heteroatoms. The lowest BCUT2D eigenvalue weighted by Crippen LogP contribution is -2.37. The summed E-state index contributed by atoms with van der Waals surface area (Å²) in [6.07, 6.45) is 0.222. The van der Waals surface area contributed by atoms with Crippen molar-refractivity contribution < 1.29 is 13.2 Å². The summed E-state index contributed by atoms with van der Waals surface area (Å²) < 4.78 is 37.3. The average Bonchev–Trinajstić information content (AvgIpc) is 2.05. The molecule has 1 atom stereocenters. The zero-order valence-corrected chi connectivity index (χ0v) is 7.61. The molecule has 1 aliphatic carbocycles. The molecule has 0 aromatic carbocycles. The molecule has 0 radical (unpaired) electrons. The van der Waals surface area contributed by atoms with E-state index in [0.717, 1.165) is 19.3 Å². The first-order valence-corrected chi connectivity index (χ1v) is 4.82. The van der Waals surface area contributed by atoms with Crippen LogP contribution >= 0.6 is 0 Å². The largest absolute Gasteiger partial charge is 0.393 e. The van der Waals surface area contributed by atoms with Gasteiger partial charge in [-0.15, -0.1) is 0 Å². The van der Waals surface area contributed by atoms with Crippen LogP contribution in [-0.4, -0.2) is 12.7 Å². The van der Waals surface area contributed by atoms with Crippen molar-refractivity contribution in [2.45, 2.75) is 38.3 Å². The highest BCUT2D eigenvalue weighted by Gasteiger charge is 2.43. The van der Waals surface area contributed by atoms with Crippen LogP contribution in [0.4, 0.5) is 13.2 Å². The molecular formula is C9H16F3N. The van der Waals surface area contributed by atoms with Crippen LogP contribution in [0.15, 0.2) is 0 Å². The van der Waals surface area contributed by atoms with Crippen LogP contribution in [0.5, 0.6) is 0 Å². The molecule has 0 aliphatic heterocycles. The third-order valence-electron chi connectivity index (χ3n) is 2.89. The maximum Gasteiger partial charge on any atom is 0.393 e. The molecule has 0 heterocycles. The minimum absolute atomic E-state index is 0.223. The average molecular weight is 195 g/mol. The lowest BCUT2D eigenvalue weighted by atomic mass is 9.79. The van der Waals surface area contributed by atoms with Gasteiger partial charge in [0, 0.05) is 6.54 Å². The molecule has 1 saturated carbocycles. The number of alkyl halides is 3. The van der Waals surface area contributed by atoms with Crippen molar-refractivity contribution in [1.82, 2.24) is 0 Å². The van der Waals surface area contributed by atoms with Crippen LogP contribution in [-0.2, 0) is 0 Å². The lowest BCUT2D eigenvalue weighted by molar-refractivity contribution is -0.188. The van der Waals surface area contributed by atoms with Crippen molar-refractivity contribution in [3.8, 4) is 0 Å². The highest BCUT2D eigenvalue weighted by atomic mass is 19.4. The number of rotatable bonds is 2. The van der Waals surface area contributed by atoms with Gasteiger partial charge in [0.1, 0.15) is 0 Å². The Kier molecular flexibility index (Phi) is 3.59. The second-order valence-corrected chi connectivity index (χ2v) is 3.78. The fourth-order valence-electron chi connectivity index (χ4n) is 2.13. The van der Waals surface area contributed by atoms with Crippen LogP contribution in [0, 0.1) is 11.8 Å². The lowest BCUT2D eigenvalue weighted by Gasteiger charge is -2.30. The van der Waals surface area contributed by atoms with Crippen molar-refractivity contribution >= 4 is 0 Å². The van der Waals surface area contributed by atoms with Crippen LogP contribution in [0.2, 0.25) is 0 Å².